The molecule has 6 nitrogen and oxygen atoms in total. The van der Waals surface area contributed by atoms with Gasteiger partial charge in [-0.25, -0.2) is 4.79 Å². The molecule has 3 aliphatic rings. The second-order valence-electron chi connectivity index (χ2n) is 10.3. The van der Waals surface area contributed by atoms with Gasteiger partial charge in [-0.2, -0.15) is 0 Å². The van der Waals surface area contributed by atoms with E-state index in [0.717, 1.165) is 24.2 Å². The molecule has 2 heterocycles. The van der Waals surface area contributed by atoms with Crippen molar-refractivity contribution < 1.29 is 14.4 Å². The van der Waals surface area contributed by atoms with Crippen LogP contribution in [0.25, 0.3) is 0 Å². The molecule has 162 valence electrons. The summed E-state index contributed by atoms with van der Waals surface area (Å²) in [7, 11) is 0. The van der Waals surface area contributed by atoms with E-state index in [-0.39, 0.29) is 35.2 Å². The lowest BCUT2D eigenvalue weighted by Crippen LogP contribution is -2.46. The van der Waals surface area contributed by atoms with Crippen molar-refractivity contribution in [2.24, 2.45) is 10.8 Å². The maximum Gasteiger partial charge on any atom is 0.325 e. The molecule has 0 aromatic heterocycles. The molecular formula is C23H30ClN3O3. The molecule has 1 aliphatic carbocycles. The van der Waals surface area contributed by atoms with Gasteiger partial charge < -0.3 is 10.2 Å². The number of nitrogens with one attached hydrogen (secondary N) is 1. The number of benzene rings is 1. The molecule has 3 atom stereocenters. The second kappa shape index (κ2) is 6.98. The quantitative estimate of drug-likeness (QED) is 0.734. The van der Waals surface area contributed by atoms with Gasteiger partial charge in [-0.15, -0.1) is 0 Å². The highest BCUT2D eigenvalue weighted by Crippen LogP contribution is 2.52. The largest absolute Gasteiger partial charge is 0.338 e. The first-order chi connectivity index (χ1) is 14.0. The average molecular weight is 432 g/mol. The molecule has 1 saturated carbocycles. The Morgan fingerprint density at radius 1 is 1.17 bits per heavy atom. The standard InChI is InChI=1S/C23H30ClN3O3/c1-5-23(15-6-8-16(24)9-7-15)19(29)26(20(30)25-23)12-18(28)27-14-22(4)11-17(27)10-21(2,3)13-22/h6-9,17H,5,10-14H2,1-4H3,(H,25,30)/t17-,22+,23+/m1/s1. The summed E-state index contributed by atoms with van der Waals surface area (Å²) in [5.74, 6) is -0.521. The number of carbonyl (C=O) groups is 3. The molecule has 30 heavy (non-hydrogen) atoms. The number of rotatable bonds is 4. The van der Waals surface area contributed by atoms with Gasteiger partial charge in [0.1, 0.15) is 12.1 Å². The van der Waals surface area contributed by atoms with E-state index in [1.165, 1.54) is 0 Å². The Balaban J connectivity index is 1.54. The molecule has 0 spiro atoms. The Kier molecular flexibility index (Phi) is 4.92. The third-order valence-electron chi connectivity index (χ3n) is 7.07. The summed E-state index contributed by atoms with van der Waals surface area (Å²) in [6.07, 6.45) is 3.42. The molecule has 7 heteroatoms. The predicted octanol–water partition coefficient (Wildman–Crippen LogP) is 3.92. The number of hydrogen-bond donors (Lipinski definition) is 1. The number of hydrogen-bond acceptors (Lipinski definition) is 3. The van der Waals surface area contributed by atoms with Crippen LogP contribution in [0.4, 0.5) is 4.79 Å². The van der Waals surface area contributed by atoms with Crippen LogP contribution in [0.15, 0.2) is 24.3 Å². The van der Waals surface area contributed by atoms with Gasteiger partial charge in [0.15, 0.2) is 0 Å². The Hall–Kier alpha value is -2.08. The van der Waals surface area contributed by atoms with Crippen molar-refractivity contribution in [3.05, 3.63) is 34.9 Å². The van der Waals surface area contributed by atoms with Crippen LogP contribution in [0.2, 0.25) is 5.02 Å². The van der Waals surface area contributed by atoms with Crippen LogP contribution < -0.4 is 5.32 Å². The van der Waals surface area contributed by atoms with Gasteiger partial charge in [0.05, 0.1) is 0 Å². The minimum Gasteiger partial charge on any atom is -0.338 e. The number of fused-ring (bicyclic) bond motifs is 2. The van der Waals surface area contributed by atoms with Crippen molar-refractivity contribution in [1.82, 2.24) is 15.1 Å². The zero-order chi connectivity index (χ0) is 21.9. The first-order valence-electron chi connectivity index (χ1n) is 10.7. The number of carbonyl (C=O) groups excluding carboxylic acids is 3. The number of likely N-dealkylation sites (tertiary alicyclic amines) is 1. The van der Waals surface area contributed by atoms with Gasteiger partial charge in [-0.1, -0.05) is 51.4 Å². The van der Waals surface area contributed by atoms with Gasteiger partial charge in [-0.3, -0.25) is 14.5 Å². The van der Waals surface area contributed by atoms with Crippen LogP contribution in [0.1, 0.15) is 58.9 Å². The Labute approximate surface area is 182 Å². The molecule has 4 rings (SSSR count). The minimum absolute atomic E-state index is 0.107. The van der Waals surface area contributed by atoms with Crippen molar-refractivity contribution in [3.63, 3.8) is 0 Å². The molecule has 2 saturated heterocycles. The lowest BCUT2D eigenvalue weighted by atomic mass is 9.65. The van der Waals surface area contributed by atoms with Crippen molar-refractivity contribution in [3.8, 4) is 0 Å². The van der Waals surface area contributed by atoms with E-state index < -0.39 is 11.6 Å². The lowest BCUT2D eigenvalue weighted by molar-refractivity contribution is -0.140. The maximum atomic E-state index is 13.3. The Morgan fingerprint density at radius 3 is 2.47 bits per heavy atom. The van der Waals surface area contributed by atoms with E-state index in [0.29, 0.717) is 23.6 Å². The van der Waals surface area contributed by atoms with Crippen LogP contribution in [-0.2, 0) is 15.1 Å². The van der Waals surface area contributed by atoms with E-state index >= 15 is 0 Å². The Bertz CT molecular complexity index is 899. The first-order valence-corrected chi connectivity index (χ1v) is 11.1. The second-order valence-corrected chi connectivity index (χ2v) is 10.8. The van der Waals surface area contributed by atoms with E-state index in [2.05, 4.69) is 26.1 Å². The van der Waals surface area contributed by atoms with Crippen LogP contribution in [0, 0.1) is 10.8 Å². The average Bonchev–Trinajstić information content (AvgIpc) is 3.06. The fraction of sp³-hybridized carbons (Fsp3) is 0.609. The molecule has 3 fully saturated rings. The highest BCUT2D eigenvalue weighted by atomic mass is 35.5. The highest BCUT2D eigenvalue weighted by Gasteiger charge is 2.54. The smallest absolute Gasteiger partial charge is 0.325 e. The summed E-state index contributed by atoms with van der Waals surface area (Å²) in [4.78, 5) is 42.3. The summed E-state index contributed by atoms with van der Waals surface area (Å²) in [6.45, 7) is 9.08. The monoisotopic (exact) mass is 431 g/mol. The molecule has 2 bridgehead atoms. The normalized spacial score (nSPS) is 32.5. The summed E-state index contributed by atoms with van der Waals surface area (Å²) in [5.41, 5.74) is -0.180. The van der Waals surface area contributed by atoms with Gasteiger partial charge in [0.25, 0.3) is 5.91 Å². The summed E-state index contributed by atoms with van der Waals surface area (Å²) < 4.78 is 0. The van der Waals surface area contributed by atoms with E-state index in [9.17, 15) is 14.4 Å². The molecule has 0 unspecified atom stereocenters. The topological polar surface area (TPSA) is 69.7 Å². The van der Waals surface area contributed by atoms with Gasteiger partial charge in [-0.05, 0) is 54.2 Å². The van der Waals surface area contributed by atoms with Crippen LogP contribution in [0.5, 0.6) is 0 Å². The summed E-state index contributed by atoms with van der Waals surface area (Å²) in [5, 5.41) is 3.40. The summed E-state index contributed by atoms with van der Waals surface area (Å²) >= 11 is 5.98. The molecule has 0 radical (unpaired) electrons. The third kappa shape index (κ3) is 3.39. The lowest BCUT2D eigenvalue weighted by Gasteiger charge is -2.39. The van der Waals surface area contributed by atoms with Gasteiger partial charge in [0.2, 0.25) is 5.91 Å². The van der Waals surface area contributed by atoms with Crippen molar-refractivity contribution in [1.29, 1.82) is 0 Å². The van der Waals surface area contributed by atoms with Crippen molar-refractivity contribution in [2.75, 3.05) is 13.1 Å². The highest BCUT2D eigenvalue weighted by molar-refractivity contribution is 6.30. The zero-order valence-electron chi connectivity index (χ0n) is 18.1. The fourth-order valence-corrected chi connectivity index (χ4v) is 6.25. The maximum absolute atomic E-state index is 13.3. The number of imide groups is 1. The number of amides is 4. The molecular weight excluding hydrogens is 402 g/mol. The number of urea groups is 1. The van der Waals surface area contributed by atoms with Crippen molar-refractivity contribution in [2.45, 2.75) is 65.0 Å². The SMILES string of the molecule is CC[C@@]1(c2ccc(Cl)cc2)NC(=O)N(CC(=O)N2C[C@@]3(C)C[C@H]2CC(C)(C)C3)C1=O. The number of nitrogens with zero attached hydrogens (tertiary/aromatic N) is 2. The predicted molar refractivity (Wildman–Crippen MR) is 115 cm³/mol. The molecule has 1 aromatic rings. The fourth-order valence-electron chi connectivity index (χ4n) is 6.12. The Morgan fingerprint density at radius 2 is 1.83 bits per heavy atom. The number of halogens is 1. The first kappa shape index (κ1) is 21.2. The molecule has 1 aromatic carbocycles. The van der Waals surface area contributed by atoms with Gasteiger partial charge >= 0.3 is 6.03 Å². The van der Waals surface area contributed by atoms with Crippen LogP contribution >= 0.6 is 11.6 Å². The molecule has 4 amide bonds. The van der Waals surface area contributed by atoms with E-state index in [1.807, 2.05) is 11.8 Å². The third-order valence-corrected chi connectivity index (χ3v) is 7.32. The van der Waals surface area contributed by atoms with Crippen LogP contribution in [0.3, 0.4) is 0 Å². The molecule has 2 aliphatic heterocycles. The molecule has 1 N–H and O–H groups in total. The van der Waals surface area contributed by atoms with E-state index in [1.54, 1.807) is 24.3 Å². The van der Waals surface area contributed by atoms with Crippen molar-refractivity contribution >= 4 is 29.4 Å². The van der Waals surface area contributed by atoms with Crippen LogP contribution in [-0.4, -0.2) is 46.8 Å². The van der Waals surface area contributed by atoms with E-state index in [4.69, 9.17) is 11.6 Å². The minimum atomic E-state index is -1.16. The zero-order valence-corrected chi connectivity index (χ0v) is 18.9. The summed E-state index contributed by atoms with van der Waals surface area (Å²) in [6, 6.07) is 6.57. The van der Waals surface area contributed by atoms with Gasteiger partial charge in [0, 0.05) is 17.6 Å².